The summed E-state index contributed by atoms with van der Waals surface area (Å²) in [5, 5.41) is 4.05. The molecule has 0 spiro atoms. The normalized spacial score (nSPS) is 12.7. The van der Waals surface area contributed by atoms with Gasteiger partial charge in [0.1, 0.15) is 10.7 Å². The third-order valence-corrected chi connectivity index (χ3v) is 4.71. The van der Waals surface area contributed by atoms with Gasteiger partial charge in [0.25, 0.3) is 5.91 Å². The molecule has 0 saturated carbocycles. The maximum atomic E-state index is 12.3. The van der Waals surface area contributed by atoms with Gasteiger partial charge in [-0.25, -0.2) is 9.97 Å². The van der Waals surface area contributed by atoms with E-state index in [1.807, 2.05) is 27.7 Å². The number of carbonyl (C=O) groups is 1. The van der Waals surface area contributed by atoms with Crippen molar-refractivity contribution in [3.63, 3.8) is 0 Å². The van der Waals surface area contributed by atoms with Gasteiger partial charge in [-0.1, -0.05) is 13.8 Å². The molecule has 0 saturated heterocycles. The summed E-state index contributed by atoms with van der Waals surface area (Å²) in [5.74, 6) is 0.836. The largest absolute Gasteiger partial charge is 0.349 e. The Labute approximate surface area is 123 Å². The lowest BCUT2D eigenvalue weighted by Crippen LogP contribution is -2.31. The average molecular weight is 291 g/mol. The smallest absolute Gasteiger partial charge is 0.261 e. The first-order chi connectivity index (χ1) is 9.47. The molecule has 5 heteroatoms. The van der Waals surface area contributed by atoms with Gasteiger partial charge in [0.05, 0.1) is 4.88 Å². The predicted molar refractivity (Wildman–Crippen MR) is 83.5 cm³/mol. The van der Waals surface area contributed by atoms with Crippen molar-refractivity contribution in [2.24, 2.45) is 0 Å². The molecule has 0 bridgehead atoms. The van der Waals surface area contributed by atoms with Crippen LogP contribution in [0.25, 0.3) is 10.2 Å². The molecule has 0 radical (unpaired) electrons. The van der Waals surface area contributed by atoms with E-state index < -0.39 is 0 Å². The Balaban J connectivity index is 2.48. The average Bonchev–Trinajstić information content (AvgIpc) is 2.76. The second kappa shape index (κ2) is 5.87. The van der Waals surface area contributed by atoms with Crippen LogP contribution in [0.2, 0.25) is 0 Å². The van der Waals surface area contributed by atoms with E-state index >= 15 is 0 Å². The third-order valence-electron chi connectivity index (χ3n) is 3.53. The van der Waals surface area contributed by atoms with Crippen LogP contribution in [-0.4, -0.2) is 21.9 Å². The number of aromatic nitrogens is 2. The maximum absolute atomic E-state index is 12.3. The van der Waals surface area contributed by atoms with Crippen LogP contribution in [-0.2, 0) is 6.42 Å². The van der Waals surface area contributed by atoms with E-state index in [9.17, 15) is 4.79 Å². The highest BCUT2D eigenvalue weighted by molar-refractivity contribution is 7.20. The van der Waals surface area contributed by atoms with E-state index in [2.05, 4.69) is 22.2 Å². The van der Waals surface area contributed by atoms with Crippen molar-refractivity contribution in [1.82, 2.24) is 15.3 Å². The van der Waals surface area contributed by atoms with Crippen LogP contribution in [0.5, 0.6) is 0 Å². The standard InChI is InChI=1S/C15H21N3OS/c1-6-8(3)16-14(19)13-9(4)12-10(5)17-11(7-2)18-15(12)20-13/h8H,6-7H2,1-5H3,(H,16,19)/t8-/m1/s1. The number of aryl methyl sites for hydroxylation is 3. The number of nitrogens with one attached hydrogen (secondary N) is 1. The topological polar surface area (TPSA) is 54.9 Å². The van der Waals surface area contributed by atoms with Crippen LogP contribution in [0.4, 0.5) is 0 Å². The van der Waals surface area contributed by atoms with Crippen molar-refractivity contribution in [2.75, 3.05) is 0 Å². The van der Waals surface area contributed by atoms with E-state index in [0.717, 1.165) is 45.0 Å². The van der Waals surface area contributed by atoms with Gasteiger partial charge in [-0.05, 0) is 32.8 Å². The lowest BCUT2D eigenvalue weighted by molar-refractivity contribution is 0.0943. The maximum Gasteiger partial charge on any atom is 0.261 e. The Bertz CT molecular complexity index is 648. The summed E-state index contributed by atoms with van der Waals surface area (Å²) in [4.78, 5) is 23.0. The number of rotatable bonds is 4. The first-order valence-electron chi connectivity index (χ1n) is 7.05. The number of carbonyl (C=O) groups excluding carboxylic acids is 1. The fraction of sp³-hybridized carbons (Fsp3) is 0.533. The summed E-state index contributed by atoms with van der Waals surface area (Å²) in [6.07, 6.45) is 1.73. The molecule has 2 heterocycles. The predicted octanol–water partition coefficient (Wildman–Crippen LogP) is 3.40. The molecule has 1 atom stereocenters. The lowest BCUT2D eigenvalue weighted by atomic mass is 10.1. The van der Waals surface area contributed by atoms with E-state index in [4.69, 9.17) is 0 Å². The highest BCUT2D eigenvalue weighted by Crippen LogP contribution is 2.31. The number of nitrogens with zero attached hydrogens (tertiary/aromatic N) is 2. The Kier molecular flexibility index (Phi) is 4.38. The number of amides is 1. The quantitative estimate of drug-likeness (QED) is 0.939. The van der Waals surface area contributed by atoms with Crippen molar-refractivity contribution in [3.05, 3.63) is 22.0 Å². The highest BCUT2D eigenvalue weighted by Gasteiger charge is 2.19. The van der Waals surface area contributed by atoms with Crippen molar-refractivity contribution >= 4 is 27.5 Å². The molecular weight excluding hydrogens is 270 g/mol. The molecule has 0 aromatic carbocycles. The summed E-state index contributed by atoms with van der Waals surface area (Å²) >= 11 is 1.47. The zero-order valence-corrected chi connectivity index (χ0v) is 13.5. The minimum Gasteiger partial charge on any atom is -0.349 e. The van der Waals surface area contributed by atoms with Crippen LogP contribution in [0.1, 0.15) is 53.9 Å². The molecular formula is C15H21N3OS. The van der Waals surface area contributed by atoms with Gasteiger partial charge in [0.2, 0.25) is 0 Å². The molecule has 4 nitrogen and oxygen atoms in total. The minimum absolute atomic E-state index is 0.00250. The molecule has 2 aromatic rings. The highest BCUT2D eigenvalue weighted by atomic mass is 32.1. The van der Waals surface area contributed by atoms with Crippen LogP contribution in [0, 0.1) is 13.8 Å². The summed E-state index contributed by atoms with van der Waals surface area (Å²) in [6.45, 7) is 10.1. The number of hydrogen-bond donors (Lipinski definition) is 1. The van der Waals surface area contributed by atoms with Gasteiger partial charge < -0.3 is 5.32 Å². The van der Waals surface area contributed by atoms with Crippen molar-refractivity contribution < 1.29 is 4.79 Å². The summed E-state index contributed by atoms with van der Waals surface area (Å²) in [5.41, 5.74) is 1.95. The van der Waals surface area contributed by atoms with Crippen LogP contribution in [0.15, 0.2) is 0 Å². The Hall–Kier alpha value is -1.49. The monoisotopic (exact) mass is 291 g/mol. The molecule has 0 aliphatic carbocycles. The van der Waals surface area contributed by atoms with Gasteiger partial charge in [-0.3, -0.25) is 4.79 Å². The Morgan fingerprint density at radius 2 is 2.00 bits per heavy atom. The van der Waals surface area contributed by atoms with Gasteiger partial charge in [-0.2, -0.15) is 0 Å². The molecule has 20 heavy (non-hydrogen) atoms. The molecule has 1 N–H and O–H groups in total. The van der Waals surface area contributed by atoms with E-state index in [-0.39, 0.29) is 11.9 Å². The first kappa shape index (κ1) is 14.9. The summed E-state index contributed by atoms with van der Waals surface area (Å²) in [6, 6.07) is 0.186. The first-order valence-corrected chi connectivity index (χ1v) is 7.87. The minimum atomic E-state index is -0.00250. The molecule has 2 rings (SSSR count). The second-order valence-electron chi connectivity index (χ2n) is 5.10. The molecule has 0 fully saturated rings. The third kappa shape index (κ3) is 2.68. The zero-order chi connectivity index (χ0) is 14.9. The van der Waals surface area contributed by atoms with Crippen LogP contribution >= 0.6 is 11.3 Å². The van der Waals surface area contributed by atoms with Crippen molar-refractivity contribution in [3.8, 4) is 0 Å². The SMILES string of the molecule is CCc1nc(C)c2c(C)c(C(=O)N[C@H](C)CC)sc2n1. The molecule has 1 amide bonds. The zero-order valence-electron chi connectivity index (χ0n) is 12.7. The lowest BCUT2D eigenvalue weighted by Gasteiger charge is -2.10. The van der Waals surface area contributed by atoms with E-state index in [0.29, 0.717) is 0 Å². The summed E-state index contributed by atoms with van der Waals surface area (Å²) in [7, 11) is 0. The fourth-order valence-electron chi connectivity index (χ4n) is 2.16. The molecule has 108 valence electrons. The van der Waals surface area contributed by atoms with Gasteiger partial charge in [0, 0.05) is 23.5 Å². The molecule has 2 aromatic heterocycles. The van der Waals surface area contributed by atoms with Crippen molar-refractivity contribution in [2.45, 2.75) is 53.5 Å². The number of hydrogen-bond acceptors (Lipinski definition) is 4. The van der Waals surface area contributed by atoms with Crippen LogP contribution in [0.3, 0.4) is 0 Å². The molecule has 0 aliphatic rings. The van der Waals surface area contributed by atoms with Crippen LogP contribution < -0.4 is 5.32 Å². The fourth-order valence-corrected chi connectivity index (χ4v) is 3.31. The second-order valence-corrected chi connectivity index (χ2v) is 6.10. The van der Waals surface area contributed by atoms with Gasteiger partial charge in [0.15, 0.2) is 0 Å². The van der Waals surface area contributed by atoms with Gasteiger partial charge >= 0.3 is 0 Å². The molecule has 0 unspecified atom stereocenters. The Morgan fingerprint density at radius 3 is 2.60 bits per heavy atom. The molecule has 0 aliphatic heterocycles. The van der Waals surface area contributed by atoms with Gasteiger partial charge in [-0.15, -0.1) is 11.3 Å². The van der Waals surface area contributed by atoms with E-state index in [1.54, 1.807) is 0 Å². The van der Waals surface area contributed by atoms with Crippen molar-refractivity contribution in [1.29, 1.82) is 0 Å². The number of fused-ring (bicyclic) bond motifs is 1. The number of thiophene rings is 1. The summed E-state index contributed by atoms with van der Waals surface area (Å²) < 4.78 is 0. The van der Waals surface area contributed by atoms with E-state index in [1.165, 1.54) is 11.3 Å². The Morgan fingerprint density at radius 1 is 1.30 bits per heavy atom.